The second-order valence-corrected chi connectivity index (χ2v) is 6.38. The van der Waals surface area contributed by atoms with E-state index in [2.05, 4.69) is 4.98 Å². The first kappa shape index (κ1) is 12.3. The van der Waals surface area contributed by atoms with E-state index in [9.17, 15) is 0 Å². The molecule has 1 aromatic carbocycles. The van der Waals surface area contributed by atoms with Crippen LogP contribution < -0.4 is 5.73 Å². The molecule has 1 aromatic heterocycles. The Bertz CT molecular complexity index is 595. The third-order valence-electron chi connectivity index (χ3n) is 3.30. The average molecular weight is 299 g/mol. The molecule has 2 N–H and O–H groups in total. The summed E-state index contributed by atoms with van der Waals surface area (Å²) in [4.78, 5) is 5.67. The van der Waals surface area contributed by atoms with Crippen LogP contribution in [0.5, 0.6) is 0 Å². The quantitative estimate of drug-likeness (QED) is 0.842. The molecular weight excluding hydrogens is 287 g/mol. The Kier molecular flexibility index (Phi) is 3.22. The fraction of sp³-hybridized carbons (Fsp3) is 0.308. The molecule has 0 amide bonds. The van der Waals surface area contributed by atoms with E-state index in [4.69, 9.17) is 28.9 Å². The number of thiazole rings is 1. The van der Waals surface area contributed by atoms with Crippen molar-refractivity contribution >= 4 is 39.7 Å². The van der Waals surface area contributed by atoms with Crippen LogP contribution in [0, 0.1) is 0 Å². The molecule has 0 spiro atoms. The number of benzene rings is 1. The van der Waals surface area contributed by atoms with Crippen molar-refractivity contribution in [2.24, 2.45) is 0 Å². The molecule has 1 unspecified atom stereocenters. The summed E-state index contributed by atoms with van der Waals surface area (Å²) in [5.74, 6) is 0.313. The Morgan fingerprint density at radius 3 is 2.94 bits per heavy atom. The van der Waals surface area contributed by atoms with Gasteiger partial charge in [-0.1, -0.05) is 29.3 Å². The summed E-state index contributed by atoms with van der Waals surface area (Å²) in [5.41, 5.74) is 8.08. The van der Waals surface area contributed by atoms with Crippen LogP contribution in [0.1, 0.15) is 34.9 Å². The number of nitrogen functional groups attached to an aromatic ring is 1. The number of nitrogens with two attached hydrogens (primary N) is 1. The summed E-state index contributed by atoms with van der Waals surface area (Å²) < 4.78 is 0. The van der Waals surface area contributed by atoms with E-state index in [-0.39, 0.29) is 0 Å². The van der Waals surface area contributed by atoms with Crippen molar-refractivity contribution in [1.82, 2.24) is 4.98 Å². The lowest BCUT2D eigenvalue weighted by molar-refractivity contribution is 0.617. The van der Waals surface area contributed by atoms with Gasteiger partial charge in [-0.2, -0.15) is 0 Å². The number of anilines is 1. The van der Waals surface area contributed by atoms with E-state index in [1.807, 2.05) is 12.1 Å². The molecule has 0 fully saturated rings. The third kappa shape index (κ3) is 2.11. The minimum Gasteiger partial charge on any atom is -0.375 e. The van der Waals surface area contributed by atoms with Crippen molar-refractivity contribution in [2.45, 2.75) is 25.2 Å². The molecule has 0 saturated carbocycles. The van der Waals surface area contributed by atoms with Crippen LogP contribution in [0.2, 0.25) is 10.0 Å². The second kappa shape index (κ2) is 4.72. The minimum absolute atomic E-state index is 0.313. The number of fused-ring (bicyclic) bond motifs is 1. The average Bonchev–Trinajstić information content (AvgIpc) is 2.69. The molecule has 1 heterocycles. The first-order valence-electron chi connectivity index (χ1n) is 5.85. The molecule has 1 atom stereocenters. The lowest BCUT2D eigenvalue weighted by atomic mass is 9.86. The summed E-state index contributed by atoms with van der Waals surface area (Å²) in [7, 11) is 0. The first-order chi connectivity index (χ1) is 8.65. The molecular formula is C13H12Cl2N2S. The van der Waals surface area contributed by atoms with Crippen LogP contribution >= 0.6 is 34.5 Å². The van der Waals surface area contributed by atoms with Crippen LogP contribution in [0.25, 0.3) is 0 Å². The highest BCUT2D eigenvalue weighted by Gasteiger charge is 2.26. The Morgan fingerprint density at radius 2 is 2.17 bits per heavy atom. The molecule has 2 aromatic rings. The number of rotatable bonds is 1. The largest absolute Gasteiger partial charge is 0.375 e. The van der Waals surface area contributed by atoms with Gasteiger partial charge >= 0.3 is 0 Å². The van der Waals surface area contributed by atoms with Crippen LogP contribution in [0.4, 0.5) is 5.13 Å². The zero-order chi connectivity index (χ0) is 12.7. The van der Waals surface area contributed by atoms with E-state index in [0.717, 1.165) is 35.5 Å². The number of aromatic nitrogens is 1. The molecule has 0 bridgehead atoms. The van der Waals surface area contributed by atoms with Gasteiger partial charge in [0.15, 0.2) is 5.13 Å². The van der Waals surface area contributed by atoms with E-state index in [1.54, 1.807) is 17.4 Å². The molecule has 0 aliphatic heterocycles. The third-order valence-corrected chi connectivity index (χ3v) is 4.91. The second-order valence-electron chi connectivity index (χ2n) is 4.47. The standard InChI is InChI=1S/C13H12Cl2N2S/c14-7-4-5-8(10(15)6-7)9-2-1-3-11-12(9)18-13(16)17-11/h4-6,9H,1-3H2,(H2,16,17). The van der Waals surface area contributed by atoms with E-state index in [1.165, 1.54) is 4.88 Å². The summed E-state index contributed by atoms with van der Waals surface area (Å²) in [6.07, 6.45) is 3.24. The molecule has 1 aliphatic rings. The minimum atomic E-state index is 0.313. The summed E-state index contributed by atoms with van der Waals surface area (Å²) >= 11 is 13.8. The fourth-order valence-corrected chi connectivity index (χ4v) is 4.09. The first-order valence-corrected chi connectivity index (χ1v) is 7.42. The highest BCUT2D eigenvalue weighted by Crippen LogP contribution is 2.43. The smallest absolute Gasteiger partial charge is 0.180 e. The van der Waals surface area contributed by atoms with E-state index >= 15 is 0 Å². The number of halogens is 2. The molecule has 18 heavy (non-hydrogen) atoms. The lowest BCUT2D eigenvalue weighted by Crippen LogP contribution is -2.09. The summed E-state index contributed by atoms with van der Waals surface area (Å²) in [6.45, 7) is 0. The van der Waals surface area contributed by atoms with E-state index < -0.39 is 0 Å². The Labute approximate surface area is 120 Å². The van der Waals surface area contributed by atoms with E-state index in [0.29, 0.717) is 16.1 Å². The van der Waals surface area contributed by atoms with Crippen LogP contribution in [-0.2, 0) is 6.42 Å². The van der Waals surface area contributed by atoms with Crippen LogP contribution in [0.3, 0.4) is 0 Å². The Hall–Kier alpha value is -0.770. The maximum Gasteiger partial charge on any atom is 0.180 e. The van der Waals surface area contributed by atoms with Gasteiger partial charge in [-0.3, -0.25) is 0 Å². The van der Waals surface area contributed by atoms with Crippen molar-refractivity contribution in [1.29, 1.82) is 0 Å². The number of hydrogen-bond acceptors (Lipinski definition) is 3. The Balaban J connectivity index is 2.07. The van der Waals surface area contributed by atoms with Gasteiger partial charge in [0, 0.05) is 20.8 Å². The van der Waals surface area contributed by atoms with Crippen molar-refractivity contribution in [2.75, 3.05) is 5.73 Å². The molecule has 0 saturated heterocycles. The molecule has 94 valence electrons. The van der Waals surface area contributed by atoms with Gasteiger partial charge in [-0.05, 0) is 37.0 Å². The van der Waals surface area contributed by atoms with Gasteiger partial charge in [0.05, 0.1) is 5.69 Å². The predicted octanol–water partition coefficient (Wildman–Crippen LogP) is 4.50. The highest BCUT2D eigenvalue weighted by molar-refractivity contribution is 7.15. The Morgan fingerprint density at radius 1 is 1.33 bits per heavy atom. The zero-order valence-electron chi connectivity index (χ0n) is 9.62. The summed E-state index contributed by atoms with van der Waals surface area (Å²) in [6, 6.07) is 5.71. The van der Waals surface area contributed by atoms with Crippen molar-refractivity contribution in [3.05, 3.63) is 44.4 Å². The monoisotopic (exact) mass is 298 g/mol. The van der Waals surface area contributed by atoms with Gasteiger partial charge in [0.25, 0.3) is 0 Å². The van der Waals surface area contributed by atoms with Crippen molar-refractivity contribution in [3.63, 3.8) is 0 Å². The predicted molar refractivity (Wildman–Crippen MR) is 77.8 cm³/mol. The van der Waals surface area contributed by atoms with Crippen molar-refractivity contribution in [3.8, 4) is 0 Å². The topological polar surface area (TPSA) is 38.9 Å². The van der Waals surface area contributed by atoms with Crippen LogP contribution in [-0.4, -0.2) is 4.98 Å². The summed E-state index contributed by atoms with van der Waals surface area (Å²) in [5, 5.41) is 2.05. The molecule has 0 radical (unpaired) electrons. The molecule has 1 aliphatic carbocycles. The van der Waals surface area contributed by atoms with Gasteiger partial charge in [-0.15, -0.1) is 11.3 Å². The lowest BCUT2D eigenvalue weighted by Gasteiger charge is -2.22. The van der Waals surface area contributed by atoms with Gasteiger partial charge in [0.1, 0.15) is 0 Å². The van der Waals surface area contributed by atoms with Crippen molar-refractivity contribution < 1.29 is 0 Å². The van der Waals surface area contributed by atoms with Gasteiger partial charge < -0.3 is 5.73 Å². The molecule has 2 nitrogen and oxygen atoms in total. The SMILES string of the molecule is Nc1nc2c(s1)C(c1ccc(Cl)cc1Cl)CCC2. The van der Waals surface area contributed by atoms with Gasteiger partial charge in [-0.25, -0.2) is 4.98 Å². The number of nitrogens with zero attached hydrogens (tertiary/aromatic N) is 1. The zero-order valence-corrected chi connectivity index (χ0v) is 11.9. The molecule has 3 rings (SSSR count). The molecule has 5 heteroatoms. The fourth-order valence-electron chi connectivity index (χ4n) is 2.52. The number of hydrogen-bond donors (Lipinski definition) is 1. The van der Waals surface area contributed by atoms with Crippen LogP contribution in [0.15, 0.2) is 18.2 Å². The van der Waals surface area contributed by atoms with Gasteiger partial charge in [0.2, 0.25) is 0 Å². The number of aryl methyl sites for hydroxylation is 1. The maximum absolute atomic E-state index is 6.30. The normalized spacial score (nSPS) is 18.7. The highest BCUT2D eigenvalue weighted by atomic mass is 35.5. The maximum atomic E-state index is 6.30.